The molecule has 0 bridgehead atoms. The van der Waals surface area contributed by atoms with Gasteiger partial charge in [-0.05, 0) is 129 Å². The van der Waals surface area contributed by atoms with E-state index < -0.39 is 11.7 Å². The number of aromatic nitrogens is 5. The van der Waals surface area contributed by atoms with Gasteiger partial charge in [0, 0.05) is 43.8 Å². The van der Waals surface area contributed by atoms with E-state index >= 15 is 13.2 Å². The van der Waals surface area contributed by atoms with Crippen LogP contribution in [0.15, 0.2) is 285 Å². The SMILES string of the molecule is N#Cc1ccc(-c2ccc(-c3nc(-c4ccccc4)nc(-c4ccc(C(F)(F)F)c(-n5c6ccc(-c7ccccc7)cc6c6cc(-c7ccccc7)ccc65)c4)n3)cc2-n2c3ccc(-c4ccccc4)cc3c3cc(-c4ccccc4)ccc32)cc1. The van der Waals surface area contributed by atoms with Gasteiger partial charge < -0.3 is 9.13 Å². The number of hydrogen-bond donors (Lipinski definition) is 0. The van der Waals surface area contributed by atoms with Gasteiger partial charge in [0.15, 0.2) is 17.5 Å². The molecule has 0 unspecified atom stereocenters. The normalized spacial score (nSPS) is 11.7. The molecular weight excluding hydrogens is 1070 g/mol. The Morgan fingerprint density at radius 1 is 0.291 bits per heavy atom. The van der Waals surface area contributed by atoms with Crippen molar-refractivity contribution >= 4 is 43.6 Å². The lowest BCUT2D eigenvalue weighted by atomic mass is 9.99. The summed E-state index contributed by atoms with van der Waals surface area (Å²) >= 11 is 0. The molecule has 9 heteroatoms. The van der Waals surface area contributed by atoms with Gasteiger partial charge in [0.1, 0.15) is 0 Å². The van der Waals surface area contributed by atoms with Gasteiger partial charge in [0.25, 0.3) is 0 Å². The summed E-state index contributed by atoms with van der Waals surface area (Å²) < 4.78 is 51.4. The first-order valence-corrected chi connectivity index (χ1v) is 28.3. The molecular formula is C77H47F3N6. The van der Waals surface area contributed by atoms with E-state index in [4.69, 9.17) is 15.0 Å². The zero-order valence-corrected chi connectivity index (χ0v) is 46.0. The molecule has 406 valence electrons. The van der Waals surface area contributed by atoms with Crippen molar-refractivity contribution in [3.8, 4) is 107 Å². The maximum atomic E-state index is 15.8. The Morgan fingerprint density at radius 2 is 0.605 bits per heavy atom. The van der Waals surface area contributed by atoms with Crippen molar-refractivity contribution in [1.29, 1.82) is 5.26 Å². The van der Waals surface area contributed by atoms with E-state index in [-0.39, 0.29) is 11.5 Å². The Hall–Kier alpha value is -11.5. The number of alkyl halides is 3. The van der Waals surface area contributed by atoms with Gasteiger partial charge in [-0.1, -0.05) is 206 Å². The van der Waals surface area contributed by atoms with Crippen LogP contribution in [0.2, 0.25) is 0 Å². The summed E-state index contributed by atoms with van der Waals surface area (Å²) in [4.78, 5) is 15.5. The number of nitrogens with zero attached hydrogens (tertiary/aromatic N) is 6. The van der Waals surface area contributed by atoms with Crippen LogP contribution in [0.1, 0.15) is 11.1 Å². The summed E-state index contributed by atoms with van der Waals surface area (Å²) in [6.45, 7) is 0. The Labute approximate surface area is 493 Å². The van der Waals surface area contributed by atoms with Gasteiger partial charge in [-0.15, -0.1) is 0 Å². The zero-order valence-electron chi connectivity index (χ0n) is 46.0. The fourth-order valence-electron chi connectivity index (χ4n) is 12.1. The highest BCUT2D eigenvalue weighted by Gasteiger charge is 2.35. The smallest absolute Gasteiger partial charge is 0.309 e. The Morgan fingerprint density at radius 3 is 0.977 bits per heavy atom. The molecule has 0 spiro atoms. The second kappa shape index (κ2) is 21.1. The molecule has 0 aliphatic carbocycles. The standard InChI is InChI=1S/C77H47F3N6/c78-77(79,80)67-37-31-61(47-73(67)86-70-40-34-58(52-20-10-3-11-21-52)44-65(70)66-45-59(35-41-71(66)86)53-22-12-4-13-23-53)76-83-74(55-24-14-5-15-25-55)82-75(84-76)60-30-36-62(54-28-26-49(48-81)27-29-54)72(46-60)85-68-38-32-56(50-16-6-1-7-17-50)42-63(68)64-43-57(33-39-69(64)85)51-18-8-2-9-19-51/h1-47H. The monoisotopic (exact) mass is 1110 g/mol. The topological polar surface area (TPSA) is 72.3 Å². The molecule has 86 heavy (non-hydrogen) atoms. The van der Waals surface area contributed by atoms with E-state index in [0.717, 1.165) is 100.0 Å². The number of halogens is 3. The Balaban J connectivity index is 0.953. The Kier molecular flexibility index (Phi) is 12.6. The molecule has 0 N–H and O–H groups in total. The van der Waals surface area contributed by atoms with Crippen molar-refractivity contribution < 1.29 is 13.2 Å². The fourth-order valence-corrected chi connectivity index (χ4v) is 12.1. The molecule has 3 heterocycles. The fraction of sp³-hybridized carbons (Fsp3) is 0.0130. The van der Waals surface area contributed by atoms with Crippen LogP contribution in [-0.2, 0) is 6.18 Å². The van der Waals surface area contributed by atoms with E-state index in [9.17, 15) is 5.26 Å². The van der Waals surface area contributed by atoms with Gasteiger partial charge in [0.05, 0.1) is 50.6 Å². The third-order valence-corrected chi connectivity index (χ3v) is 16.3. The van der Waals surface area contributed by atoms with Crippen molar-refractivity contribution in [2.45, 2.75) is 6.18 Å². The summed E-state index contributed by atoms with van der Waals surface area (Å²) in [6.07, 6.45) is -4.74. The number of benzene rings is 12. The van der Waals surface area contributed by atoms with Crippen LogP contribution >= 0.6 is 0 Å². The van der Waals surface area contributed by atoms with E-state index in [0.29, 0.717) is 44.9 Å². The highest BCUT2D eigenvalue weighted by Crippen LogP contribution is 2.45. The van der Waals surface area contributed by atoms with E-state index in [2.05, 4.69) is 95.6 Å². The quantitative estimate of drug-likeness (QED) is 0.137. The second-order valence-corrected chi connectivity index (χ2v) is 21.4. The minimum atomic E-state index is -4.74. The molecule has 0 aliphatic heterocycles. The Bertz CT molecular complexity index is 4940. The first-order valence-electron chi connectivity index (χ1n) is 28.3. The molecule has 0 saturated carbocycles. The van der Waals surface area contributed by atoms with Crippen LogP contribution in [0.25, 0.3) is 145 Å². The highest BCUT2D eigenvalue weighted by atomic mass is 19.4. The van der Waals surface area contributed by atoms with Crippen LogP contribution in [0.5, 0.6) is 0 Å². The van der Waals surface area contributed by atoms with Crippen LogP contribution in [0.4, 0.5) is 13.2 Å². The molecule has 15 rings (SSSR count). The first kappa shape index (κ1) is 51.4. The minimum absolute atomic E-state index is 0.0654. The summed E-state index contributed by atoms with van der Waals surface area (Å²) in [5, 5.41) is 13.6. The van der Waals surface area contributed by atoms with Gasteiger partial charge in [0.2, 0.25) is 0 Å². The highest BCUT2D eigenvalue weighted by molar-refractivity contribution is 6.13. The lowest BCUT2D eigenvalue weighted by Crippen LogP contribution is -2.11. The molecule has 3 aromatic heterocycles. The maximum Gasteiger partial charge on any atom is 0.418 e. The average molecular weight is 1110 g/mol. The van der Waals surface area contributed by atoms with Crippen LogP contribution in [0.3, 0.4) is 0 Å². The van der Waals surface area contributed by atoms with Crippen molar-refractivity contribution in [1.82, 2.24) is 24.1 Å². The third kappa shape index (κ3) is 9.23. The van der Waals surface area contributed by atoms with Crippen molar-refractivity contribution in [2.75, 3.05) is 0 Å². The lowest BCUT2D eigenvalue weighted by molar-refractivity contribution is -0.137. The third-order valence-electron chi connectivity index (χ3n) is 16.3. The van der Waals surface area contributed by atoms with Gasteiger partial charge >= 0.3 is 6.18 Å². The van der Waals surface area contributed by atoms with Crippen LogP contribution in [-0.4, -0.2) is 24.1 Å². The summed E-state index contributed by atoms with van der Waals surface area (Å²) in [6, 6.07) is 95.5. The zero-order chi connectivity index (χ0) is 57.9. The maximum absolute atomic E-state index is 15.8. The van der Waals surface area contributed by atoms with Gasteiger partial charge in [-0.25, -0.2) is 15.0 Å². The lowest BCUT2D eigenvalue weighted by Gasteiger charge is -2.18. The van der Waals surface area contributed by atoms with Crippen molar-refractivity contribution in [2.24, 2.45) is 0 Å². The molecule has 0 radical (unpaired) electrons. The minimum Gasteiger partial charge on any atom is -0.309 e. The molecule has 0 saturated heterocycles. The molecule has 15 aromatic rings. The number of fused-ring (bicyclic) bond motifs is 6. The predicted octanol–water partition coefficient (Wildman–Crippen LogP) is 20.3. The molecule has 6 nitrogen and oxygen atoms in total. The summed E-state index contributed by atoms with van der Waals surface area (Å²) in [7, 11) is 0. The largest absolute Gasteiger partial charge is 0.418 e. The molecule has 0 aliphatic rings. The second-order valence-electron chi connectivity index (χ2n) is 21.4. The van der Waals surface area contributed by atoms with Crippen LogP contribution < -0.4 is 0 Å². The van der Waals surface area contributed by atoms with Gasteiger partial charge in [-0.3, -0.25) is 0 Å². The van der Waals surface area contributed by atoms with E-state index in [1.165, 1.54) is 6.07 Å². The van der Waals surface area contributed by atoms with E-state index in [1.807, 2.05) is 182 Å². The summed E-state index contributed by atoms with van der Waals surface area (Å²) in [5.74, 6) is 0.862. The predicted molar refractivity (Wildman–Crippen MR) is 342 cm³/mol. The van der Waals surface area contributed by atoms with Crippen LogP contribution in [0, 0.1) is 11.3 Å². The van der Waals surface area contributed by atoms with E-state index in [1.54, 1.807) is 10.6 Å². The van der Waals surface area contributed by atoms with Crippen molar-refractivity contribution in [3.63, 3.8) is 0 Å². The number of nitriles is 1. The molecule has 0 amide bonds. The van der Waals surface area contributed by atoms with Gasteiger partial charge in [-0.2, -0.15) is 18.4 Å². The molecule has 0 atom stereocenters. The molecule has 0 fully saturated rings. The number of rotatable bonds is 10. The van der Waals surface area contributed by atoms with Crippen molar-refractivity contribution in [3.05, 3.63) is 296 Å². The first-order chi connectivity index (χ1) is 42.2. The number of hydrogen-bond acceptors (Lipinski definition) is 4. The average Bonchev–Trinajstić information content (AvgIpc) is 1.65. The summed E-state index contributed by atoms with van der Waals surface area (Å²) in [5.41, 5.74) is 15.4. The molecule has 12 aromatic carbocycles.